The minimum Gasteiger partial charge on any atom is -0.390 e. The van der Waals surface area contributed by atoms with E-state index in [-0.39, 0.29) is 31.0 Å². The number of alkyl halides is 3. The van der Waals surface area contributed by atoms with E-state index in [1.807, 2.05) is 0 Å². The number of aliphatic hydroxyl groups is 1. The molecule has 14 heteroatoms. The maximum Gasteiger partial charge on any atom is 0.416 e. The van der Waals surface area contributed by atoms with Crippen LogP contribution in [0.4, 0.5) is 13.2 Å². The Balaban J connectivity index is 1.57. The number of fused-ring (bicyclic) bond motifs is 1. The number of halogens is 3. The van der Waals surface area contributed by atoms with Crippen molar-refractivity contribution >= 4 is 10.0 Å². The number of β-amino-alcohol motifs (C(OH)–C–C–N with tert-alkyl or cyclic N) is 1. The molecule has 2 aromatic heterocycles. The van der Waals surface area contributed by atoms with Crippen LogP contribution in [0.1, 0.15) is 47.1 Å². The summed E-state index contributed by atoms with van der Waals surface area (Å²) in [5.41, 5.74) is 7.18. The fraction of sp³-hybridized carbons (Fsp3) is 0.500. The highest BCUT2D eigenvalue weighted by Crippen LogP contribution is 2.39. The average Bonchev–Trinajstić information content (AvgIpc) is 3.55. The zero-order valence-electron chi connectivity index (χ0n) is 22.0. The number of aromatic nitrogens is 4. The predicted octanol–water partition coefficient (Wildman–Crippen LogP) is 2.18. The topological polar surface area (TPSA) is 130 Å². The molecule has 4 heterocycles. The summed E-state index contributed by atoms with van der Waals surface area (Å²) >= 11 is 0. The summed E-state index contributed by atoms with van der Waals surface area (Å²) in [5.74, 6) is 0.0333. The van der Waals surface area contributed by atoms with Gasteiger partial charge in [0.1, 0.15) is 5.82 Å². The third-order valence-electron chi connectivity index (χ3n) is 7.45. The number of nitrogens with zero attached hydrogens (tertiary/aromatic N) is 6. The molecule has 0 radical (unpaired) electrons. The average molecular weight is 580 g/mol. The largest absolute Gasteiger partial charge is 0.416 e. The normalized spacial score (nSPS) is 18.6. The molecule has 1 saturated heterocycles. The molecule has 3 N–H and O–H groups in total. The Morgan fingerprint density at radius 3 is 2.45 bits per heavy atom. The molecule has 10 nitrogen and oxygen atoms in total. The van der Waals surface area contributed by atoms with Gasteiger partial charge in [0.2, 0.25) is 10.0 Å². The van der Waals surface area contributed by atoms with Gasteiger partial charge in [0, 0.05) is 55.3 Å². The molecule has 3 aromatic rings. The van der Waals surface area contributed by atoms with E-state index in [1.54, 1.807) is 10.7 Å². The first-order valence-electron chi connectivity index (χ1n) is 13.1. The second-order valence-corrected chi connectivity index (χ2v) is 12.3. The molecule has 5 rings (SSSR count). The van der Waals surface area contributed by atoms with Crippen molar-refractivity contribution in [3.05, 3.63) is 64.9 Å². The number of likely N-dealkylation sites (tertiary alicyclic amines) is 1. The van der Waals surface area contributed by atoms with E-state index >= 15 is 0 Å². The maximum atomic E-state index is 14.0. The maximum absolute atomic E-state index is 14.0. The third-order valence-corrected chi connectivity index (χ3v) is 8.70. The lowest BCUT2D eigenvalue weighted by molar-refractivity contribution is -0.138. The van der Waals surface area contributed by atoms with Crippen molar-refractivity contribution in [2.45, 2.75) is 50.7 Å². The van der Waals surface area contributed by atoms with Crippen molar-refractivity contribution < 1.29 is 26.7 Å². The van der Waals surface area contributed by atoms with E-state index in [0.29, 0.717) is 29.8 Å². The number of rotatable bonds is 8. The summed E-state index contributed by atoms with van der Waals surface area (Å²) in [6.45, 7) is 2.77. The van der Waals surface area contributed by atoms with Gasteiger partial charge < -0.3 is 15.7 Å². The SMILES string of the molecule is CS(=O)(=O)N1CCc2c(c(-c3ccc(C(F)(F)F)c(C(N)c4ncccn4)c3)nn2CC(O)CN2CCCC2)C1. The molecule has 2 unspecified atom stereocenters. The molecule has 2 aliphatic heterocycles. The van der Waals surface area contributed by atoms with Gasteiger partial charge in [-0.2, -0.15) is 22.6 Å². The zero-order chi connectivity index (χ0) is 28.7. The number of aliphatic hydroxyl groups excluding tert-OH is 1. The molecule has 0 bridgehead atoms. The molecule has 0 amide bonds. The number of hydrogen-bond donors (Lipinski definition) is 2. The van der Waals surface area contributed by atoms with Crippen LogP contribution in [0.3, 0.4) is 0 Å². The quantitative estimate of drug-likeness (QED) is 0.416. The zero-order valence-corrected chi connectivity index (χ0v) is 22.9. The summed E-state index contributed by atoms with van der Waals surface area (Å²) in [4.78, 5) is 10.3. The van der Waals surface area contributed by atoms with Crippen LogP contribution in [0, 0.1) is 0 Å². The second kappa shape index (κ2) is 11.2. The number of hydrogen-bond acceptors (Lipinski definition) is 8. The van der Waals surface area contributed by atoms with Gasteiger partial charge >= 0.3 is 6.18 Å². The molecule has 216 valence electrons. The Bertz CT molecular complexity index is 1460. The van der Waals surface area contributed by atoms with Gasteiger partial charge in [-0.3, -0.25) is 4.68 Å². The van der Waals surface area contributed by atoms with Crippen LogP contribution >= 0.6 is 0 Å². The molecule has 0 spiro atoms. The van der Waals surface area contributed by atoms with Gasteiger partial charge in [-0.15, -0.1) is 0 Å². The molecular weight excluding hydrogens is 547 g/mol. The minimum absolute atomic E-state index is 0.0237. The van der Waals surface area contributed by atoms with Crippen molar-refractivity contribution in [1.82, 2.24) is 29.0 Å². The molecule has 2 aliphatic rings. The molecule has 40 heavy (non-hydrogen) atoms. The lowest BCUT2D eigenvalue weighted by Gasteiger charge is -2.26. The number of benzene rings is 1. The fourth-order valence-electron chi connectivity index (χ4n) is 5.49. The number of nitrogens with two attached hydrogens (primary N) is 1. The van der Waals surface area contributed by atoms with E-state index in [0.717, 1.165) is 43.9 Å². The molecule has 0 aliphatic carbocycles. The van der Waals surface area contributed by atoms with Gasteiger partial charge in [-0.1, -0.05) is 6.07 Å². The van der Waals surface area contributed by atoms with Gasteiger partial charge in [0.15, 0.2) is 0 Å². The standard InChI is InChI=1S/C26H32F3N7O3S/c1-40(38,39)35-12-7-22-20(16-35)24(33-36(22)15-18(37)14-34-10-2-3-11-34)17-5-6-21(26(27,28)29)19(13-17)23(30)25-31-8-4-9-32-25/h4-6,8-9,13,18,23,37H,2-3,7,10-12,14-16,30H2,1H3. The van der Waals surface area contributed by atoms with E-state index in [2.05, 4.69) is 14.9 Å². The highest BCUT2D eigenvalue weighted by Gasteiger charge is 2.37. The van der Waals surface area contributed by atoms with Crippen LogP contribution in [0.5, 0.6) is 0 Å². The van der Waals surface area contributed by atoms with Crippen LogP contribution < -0.4 is 5.73 Å². The Morgan fingerprint density at radius 2 is 1.80 bits per heavy atom. The third kappa shape index (κ3) is 6.05. The van der Waals surface area contributed by atoms with Crippen molar-refractivity contribution in [3.8, 4) is 11.3 Å². The smallest absolute Gasteiger partial charge is 0.390 e. The molecular formula is C26H32F3N7O3S. The van der Waals surface area contributed by atoms with Crippen LogP contribution in [-0.2, 0) is 35.7 Å². The van der Waals surface area contributed by atoms with E-state index in [1.165, 1.54) is 28.8 Å². The monoisotopic (exact) mass is 579 g/mol. The Morgan fingerprint density at radius 1 is 1.10 bits per heavy atom. The second-order valence-electron chi connectivity index (χ2n) is 10.3. The highest BCUT2D eigenvalue weighted by atomic mass is 32.2. The summed E-state index contributed by atoms with van der Waals surface area (Å²) in [6.07, 6.45) is 1.08. The molecule has 1 aromatic carbocycles. The van der Waals surface area contributed by atoms with E-state index in [9.17, 15) is 26.7 Å². The van der Waals surface area contributed by atoms with Gasteiger partial charge in [-0.05, 0) is 49.7 Å². The lowest BCUT2D eigenvalue weighted by atomic mass is 9.94. The fourth-order valence-corrected chi connectivity index (χ4v) is 6.27. The Kier molecular flexibility index (Phi) is 7.99. The van der Waals surface area contributed by atoms with Crippen molar-refractivity contribution in [3.63, 3.8) is 0 Å². The van der Waals surface area contributed by atoms with Gasteiger partial charge in [0.25, 0.3) is 0 Å². The first-order valence-corrected chi connectivity index (χ1v) is 14.9. The first-order chi connectivity index (χ1) is 18.9. The first kappa shape index (κ1) is 28.6. The summed E-state index contributed by atoms with van der Waals surface area (Å²) in [5, 5.41) is 15.6. The Hall–Kier alpha value is -2.91. The molecule has 1 fully saturated rings. The highest BCUT2D eigenvalue weighted by molar-refractivity contribution is 7.88. The molecule has 2 atom stereocenters. The van der Waals surface area contributed by atoms with Gasteiger partial charge in [0.05, 0.1) is 36.2 Å². The lowest BCUT2D eigenvalue weighted by Crippen LogP contribution is -2.37. The van der Waals surface area contributed by atoms with Crippen LogP contribution in [0.2, 0.25) is 0 Å². The number of sulfonamides is 1. The van der Waals surface area contributed by atoms with Crippen LogP contribution in [0.15, 0.2) is 36.7 Å². The van der Waals surface area contributed by atoms with Gasteiger partial charge in [-0.25, -0.2) is 18.4 Å². The summed E-state index contributed by atoms with van der Waals surface area (Å²) in [6, 6.07) is 3.89. The Labute approximate surface area is 230 Å². The van der Waals surface area contributed by atoms with E-state index in [4.69, 9.17) is 10.8 Å². The van der Waals surface area contributed by atoms with Crippen LogP contribution in [-0.4, -0.2) is 81.0 Å². The summed E-state index contributed by atoms with van der Waals surface area (Å²) in [7, 11) is -3.53. The molecule has 0 saturated carbocycles. The van der Waals surface area contributed by atoms with Crippen LogP contribution in [0.25, 0.3) is 11.3 Å². The van der Waals surface area contributed by atoms with Crippen molar-refractivity contribution in [2.75, 3.05) is 32.4 Å². The van der Waals surface area contributed by atoms with Crippen molar-refractivity contribution in [1.29, 1.82) is 0 Å². The predicted molar refractivity (Wildman–Crippen MR) is 141 cm³/mol. The van der Waals surface area contributed by atoms with E-state index < -0.39 is 33.9 Å². The minimum atomic E-state index is -4.67. The van der Waals surface area contributed by atoms with Crippen molar-refractivity contribution in [2.24, 2.45) is 5.73 Å². The summed E-state index contributed by atoms with van der Waals surface area (Å²) < 4.78 is 69.8.